The Balaban J connectivity index is 1.41. The van der Waals surface area contributed by atoms with Crippen LogP contribution in [0.5, 0.6) is 0 Å². The van der Waals surface area contributed by atoms with E-state index in [9.17, 15) is 9.59 Å². The average Bonchev–Trinajstić information content (AvgIpc) is 2.81. The van der Waals surface area contributed by atoms with Gasteiger partial charge >= 0.3 is 0 Å². The van der Waals surface area contributed by atoms with Crippen LogP contribution in [-0.2, 0) is 0 Å². The fourth-order valence-electron chi connectivity index (χ4n) is 3.27. The highest BCUT2D eigenvalue weighted by Gasteiger charge is 2.07. The van der Waals surface area contributed by atoms with Gasteiger partial charge in [0.15, 0.2) is 0 Å². The standard InChI is InChI=1S/C27H22N2O2/c1-19-6-5-9-23(18-19)27(31)29-25-16-12-21(13-17-25)20-10-14-24(15-11-20)28-26(30)22-7-3-2-4-8-22/h2-18H,1H3,(H,28,30)(H,29,31). The van der Waals surface area contributed by atoms with Crippen LogP contribution in [0.15, 0.2) is 103 Å². The minimum absolute atomic E-state index is 0.130. The molecule has 0 aliphatic rings. The molecule has 0 bridgehead atoms. The Hall–Kier alpha value is -4.18. The fourth-order valence-corrected chi connectivity index (χ4v) is 3.27. The molecule has 0 fully saturated rings. The van der Waals surface area contributed by atoms with Gasteiger partial charge in [-0.1, -0.05) is 60.2 Å². The average molecular weight is 406 g/mol. The van der Waals surface area contributed by atoms with Crippen molar-refractivity contribution in [3.8, 4) is 11.1 Å². The summed E-state index contributed by atoms with van der Waals surface area (Å²) < 4.78 is 0. The van der Waals surface area contributed by atoms with Crippen LogP contribution in [-0.4, -0.2) is 11.8 Å². The molecule has 4 aromatic carbocycles. The summed E-state index contributed by atoms with van der Waals surface area (Å²) in [6.45, 7) is 1.96. The molecule has 4 nitrogen and oxygen atoms in total. The zero-order chi connectivity index (χ0) is 21.6. The Morgan fingerprint density at radius 1 is 0.548 bits per heavy atom. The normalized spacial score (nSPS) is 10.4. The van der Waals surface area contributed by atoms with Gasteiger partial charge in [0.1, 0.15) is 0 Å². The predicted molar refractivity (Wildman–Crippen MR) is 125 cm³/mol. The van der Waals surface area contributed by atoms with E-state index in [1.54, 1.807) is 18.2 Å². The van der Waals surface area contributed by atoms with Crippen LogP contribution in [0.25, 0.3) is 11.1 Å². The number of carbonyl (C=O) groups is 2. The summed E-state index contributed by atoms with van der Waals surface area (Å²) in [7, 11) is 0. The van der Waals surface area contributed by atoms with E-state index in [0.717, 1.165) is 28.1 Å². The van der Waals surface area contributed by atoms with E-state index in [2.05, 4.69) is 10.6 Å². The maximum atomic E-state index is 12.4. The summed E-state index contributed by atoms with van der Waals surface area (Å²) in [6, 6.07) is 32.0. The summed E-state index contributed by atoms with van der Waals surface area (Å²) >= 11 is 0. The minimum atomic E-state index is -0.137. The van der Waals surface area contributed by atoms with Gasteiger partial charge in [0, 0.05) is 22.5 Å². The monoisotopic (exact) mass is 406 g/mol. The number of anilines is 2. The zero-order valence-electron chi connectivity index (χ0n) is 17.1. The van der Waals surface area contributed by atoms with Crippen molar-refractivity contribution >= 4 is 23.2 Å². The van der Waals surface area contributed by atoms with Crippen molar-refractivity contribution in [1.29, 1.82) is 0 Å². The zero-order valence-corrected chi connectivity index (χ0v) is 17.1. The Bertz CT molecular complexity index is 1200. The molecule has 4 heteroatoms. The van der Waals surface area contributed by atoms with Crippen LogP contribution in [0.2, 0.25) is 0 Å². The SMILES string of the molecule is Cc1cccc(C(=O)Nc2ccc(-c3ccc(NC(=O)c4ccccc4)cc3)cc2)c1. The first-order valence-corrected chi connectivity index (χ1v) is 10.0. The second-order valence-electron chi connectivity index (χ2n) is 7.30. The van der Waals surface area contributed by atoms with Crippen molar-refractivity contribution < 1.29 is 9.59 Å². The minimum Gasteiger partial charge on any atom is -0.322 e. The van der Waals surface area contributed by atoms with Gasteiger partial charge in [0.25, 0.3) is 11.8 Å². The van der Waals surface area contributed by atoms with Gasteiger partial charge in [-0.3, -0.25) is 9.59 Å². The summed E-state index contributed by atoms with van der Waals surface area (Å²) in [6.07, 6.45) is 0. The van der Waals surface area contributed by atoms with E-state index in [1.165, 1.54) is 0 Å². The van der Waals surface area contributed by atoms with Crippen molar-refractivity contribution in [3.63, 3.8) is 0 Å². The van der Waals surface area contributed by atoms with Crippen molar-refractivity contribution in [1.82, 2.24) is 0 Å². The molecule has 31 heavy (non-hydrogen) atoms. The number of hydrogen-bond donors (Lipinski definition) is 2. The van der Waals surface area contributed by atoms with Crippen LogP contribution in [0.1, 0.15) is 26.3 Å². The van der Waals surface area contributed by atoms with Crippen LogP contribution < -0.4 is 10.6 Å². The highest BCUT2D eigenvalue weighted by atomic mass is 16.2. The summed E-state index contributed by atoms with van der Waals surface area (Å²) in [5.74, 6) is -0.267. The Kier molecular flexibility index (Phi) is 5.90. The van der Waals surface area contributed by atoms with E-state index in [4.69, 9.17) is 0 Å². The third-order valence-electron chi connectivity index (χ3n) is 4.94. The highest BCUT2D eigenvalue weighted by molar-refractivity contribution is 6.05. The molecule has 4 aromatic rings. The van der Waals surface area contributed by atoms with Gasteiger partial charge in [-0.2, -0.15) is 0 Å². The Labute approximate surface area is 181 Å². The molecule has 2 N–H and O–H groups in total. The number of rotatable bonds is 5. The quantitative estimate of drug-likeness (QED) is 0.417. The maximum Gasteiger partial charge on any atom is 0.255 e. The van der Waals surface area contributed by atoms with Gasteiger partial charge in [-0.15, -0.1) is 0 Å². The topological polar surface area (TPSA) is 58.2 Å². The predicted octanol–water partition coefficient (Wildman–Crippen LogP) is 6.17. The highest BCUT2D eigenvalue weighted by Crippen LogP contribution is 2.24. The van der Waals surface area contributed by atoms with Crippen molar-refractivity contribution in [3.05, 3.63) is 120 Å². The molecule has 2 amide bonds. The number of amides is 2. The smallest absolute Gasteiger partial charge is 0.255 e. The van der Waals surface area contributed by atoms with Gasteiger partial charge in [-0.05, 0) is 66.6 Å². The number of carbonyl (C=O) groups excluding carboxylic acids is 2. The second kappa shape index (κ2) is 9.09. The lowest BCUT2D eigenvalue weighted by molar-refractivity contribution is 0.101. The molecule has 0 heterocycles. The van der Waals surface area contributed by atoms with Crippen LogP contribution >= 0.6 is 0 Å². The van der Waals surface area contributed by atoms with Gasteiger partial charge < -0.3 is 10.6 Å². The maximum absolute atomic E-state index is 12.4. The van der Waals surface area contributed by atoms with Crippen molar-refractivity contribution in [2.24, 2.45) is 0 Å². The van der Waals surface area contributed by atoms with Gasteiger partial charge in [-0.25, -0.2) is 0 Å². The molecule has 0 spiro atoms. The molecule has 0 saturated heterocycles. The lowest BCUT2D eigenvalue weighted by atomic mass is 10.0. The molecule has 0 saturated carbocycles. The number of nitrogens with one attached hydrogen (secondary N) is 2. The van der Waals surface area contributed by atoms with Crippen LogP contribution in [0, 0.1) is 6.92 Å². The molecule has 0 atom stereocenters. The lowest BCUT2D eigenvalue weighted by Gasteiger charge is -2.09. The van der Waals surface area contributed by atoms with Gasteiger partial charge in [0.05, 0.1) is 0 Å². The van der Waals surface area contributed by atoms with Crippen LogP contribution in [0.3, 0.4) is 0 Å². The Morgan fingerprint density at radius 3 is 1.55 bits per heavy atom. The summed E-state index contributed by atoms with van der Waals surface area (Å²) in [5.41, 5.74) is 5.82. The van der Waals surface area contributed by atoms with Crippen molar-refractivity contribution in [2.75, 3.05) is 10.6 Å². The number of benzene rings is 4. The molecular formula is C27H22N2O2. The summed E-state index contributed by atoms with van der Waals surface area (Å²) in [5, 5.41) is 5.82. The van der Waals surface area contributed by atoms with E-state index >= 15 is 0 Å². The van der Waals surface area contributed by atoms with Gasteiger partial charge in [0.2, 0.25) is 0 Å². The third-order valence-corrected chi connectivity index (χ3v) is 4.94. The molecule has 0 aliphatic heterocycles. The molecule has 152 valence electrons. The van der Waals surface area contributed by atoms with E-state index < -0.39 is 0 Å². The molecule has 0 aliphatic carbocycles. The van der Waals surface area contributed by atoms with E-state index in [-0.39, 0.29) is 11.8 Å². The molecule has 4 rings (SSSR count). The van der Waals surface area contributed by atoms with Crippen LogP contribution in [0.4, 0.5) is 11.4 Å². The fraction of sp³-hybridized carbons (Fsp3) is 0.0370. The largest absolute Gasteiger partial charge is 0.322 e. The number of hydrogen-bond acceptors (Lipinski definition) is 2. The van der Waals surface area contributed by atoms with E-state index in [0.29, 0.717) is 11.1 Å². The second-order valence-corrected chi connectivity index (χ2v) is 7.30. The first kappa shape index (κ1) is 20.1. The first-order chi connectivity index (χ1) is 15.1. The molecule has 0 radical (unpaired) electrons. The first-order valence-electron chi connectivity index (χ1n) is 10.0. The molecular weight excluding hydrogens is 384 g/mol. The molecule has 0 unspecified atom stereocenters. The Morgan fingerprint density at radius 2 is 1.03 bits per heavy atom. The number of aryl methyl sites for hydroxylation is 1. The van der Waals surface area contributed by atoms with E-state index in [1.807, 2.05) is 91.9 Å². The third kappa shape index (κ3) is 5.06. The summed E-state index contributed by atoms with van der Waals surface area (Å²) in [4.78, 5) is 24.7. The van der Waals surface area contributed by atoms with Crippen molar-refractivity contribution in [2.45, 2.75) is 6.92 Å². The molecule has 0 aromatic heterocycles. The lowest BCUT2D eigenvalue weighted by Crippen LogP contribution is -2.11.